The van der Waals surface area contributed by atoms with Crippen LogP contribution in [0.1, 0.15) is 64.8 Å². The van der Waals surface area contributed by atoms with Crippen molar-refractivity contribution in [2.75, 3.05) is 26.6 Å². The molecule has 180 valence electrons. The Kier molecular flexibility index (Phi) is 14.6. The van der Waals surface area contributed by atoms with Crippen LogP contribution in [0.3, 0.4) is 0 Å². The Balaban J connectivity index is 2.47. The van der Waals surface area contributed by atoms with Crippen LogP contribution in [0.15, 0.2) is 18.2 Å². The zero-order valence-electron chi connectivity index (χ0n) is 19.5. The van der Waals surface area contributed by atoms with Gasteiger partial charge in [0.05, 0.1) is 11.4 Å². The SMILES string of the molecule is CCN(CCCCCC(=O)OC(C)(C)C)Cc1cccc(CN(COP=O)COP=O)n1. The highest BCUT2D eigenvalue weighted by Gasteiger charge is 2.15. The summed E-state index contributed by atoms with van der Waals surface area (Å²) in [6, 6.07) is 5.83. The molecule has 1 heterocycles. The largest absolute Gasteiger partial charge is 0.460 e. The fourth-order valence-corrected chi connectivity index (χ4v) is 3.45. The summed E-state index contributed by atoms with van der Waals surface area (Å²) in [5.74, 6) is -0.139. The zero-order valence-corrected chi connectivity index (χ0v) is 21.3. The Morgan fingerprint density at radius 3 is 2.09 bits per heavy atom. The van der Waals surface area contributed by atoms with E-state index in [1.807, 2.05) is 39.0 Å². The Hall–Kier alpha value is -1.34. The molecule has 0 aliphatic heterocycles. The third kappa shape index (κ3) is 13.9. The van der Waals surface area contributed by atoms with Gasteiger partial charge in [0.15, 0.2) is 0 Å². The van der Waals surface area contributed by atoms with Crippen molar-refractivity contribution >= 4 is 23.3 Å². The number of ether oxygens (including phenoxy) is 1. The lowest BCUT2D eigenvalue weighted by Gasteiger charge is -2.21. The number of nitrogens with zero attached hydrogens (tertiary/aromatic N) is 3. The highest BCUT2D eigenvalue weighted by molar-refractivity contribution is 7.17. The highest BCUT2D eigenvalue weighted by Crippen LogP contribution is 2.12. The van der Waals surface area contributed by atoms with Crippen LogP contribution in [0, 0.1) is 0 Å². The Labute approximate surface area is 194 Å². The van der Waals surface area contributed by atoms with Gasteiger partial charge in [0.25, 0.3) is 0 Å². The summed E-state index contributed by atoms with van der Waals surface area (Å²) >= 11 is 0. The fourth-order valence-electron chi connectivity index (χ4n) is 3.03. The Bertz CT molecular complexity index is 690. The van der Waals surface area contributed by atoms with Crippen LogP contribution in [0.2, 0.25) is 0 Å². The summed E-state index contributed by atoms with van der Waals surface area (Å²) in [6.07, 6.45) is 3.25. The van der Waals surface area contributed by atoms with Crippen molar-refractivity contribution in [1.29, 1.82) is 0 Å². The monoisotopic (exact) mass is 487 g/mol. The molecule has 1 rings (SSSR count). The number of carbonyl (C=O) groups is 1. The third-order valence-corrected chi connectivity index (χ3v) is 4.89. The molecule has 0 saturated carbocycles. The number of unbranched alkanes of at least 4 members (excludes halogenated alkanes) is 2. The molecule has 0 amide bonds. The van der Waals surface area contributed by atoms with Gasteiger partial charge in [0.1, 0.15) is 19.1 Å². The summed E-state index contributed by atoms with van der Waals surface area (Å²) in [7, 11) is -0.852. The van der Waals surface area contributed by atoms with E-state index in [9.17, 15) is 13.9 Å². The first-order valence-corrected chi connectivity index (χ1v) is 12.2. The average molecular weight is 487 g/mol. The first-order valence-electron chi connectivity index (χ1n) is 10.8. The smallest absolute Gasteiger partial charge is 0.328 e. The van der Waals surface area contributed by atoms with E-state index in [1.165, 1.54) is 0 Å². The molecule has 0 aliphatic rings. The van der Waals surface area contributed by atoms with Gasteiger partial charge in [-0.2, -0.15) is 0 Å². The molecule has 32 heavy (non-hydrogen) atoms. The van der Waals surface area contributed by atoms with Crippen molar-refractivity contribution in [2.24, 2.45) is 0 Å². The van der Waals surface area contributed by atoms with Crippen LogP contribution in [-0.4, -0.2) is 52.9 Å². The molecule has 0 radical (unpaired) electrons. The molecule has 1 aromatic heterocycles. The summed E-state index contributed by atoms with van der Waals surface area (Å²) in [5.41, 5.74) is 1.33. The van der Waals surface area contributed by atoms with E-state index in [4.69, 9.17) is 18.8 Å². The van der Waals surface area contributed by atoms with Gasteiger partial charge < -0.3 is 4.74 Å². The number of esters is 1. The lowest BCUT2D eigenvalue weighted by molar-refractivity contribution is -0.154. The van der Waals surface area contributed by atoms with Gasteiger partial charge in [0.2, 0.25) is 0 Å². The number of aromatic nitrogens is 1. The van der Waals surface area contributed by atoms with E-state index in [-0.39, 0.29) is 19.4 Å². The predicted octanol–water partition coefficient (Wildman–Crippen LogP) is 4.97. The molecule has 0 saturated heterocycles. The molecule has 11 heteroatoms. The molecule has 1 aromatic rings. The molecule has 0 bridgehead atoms. The van der Waals surface area contributed by atoms with E-state index < -0.39 is 23.0 Å². The quantitative estimate of drug-likeness (QED) is 0.131. The van der Waals surface area contributed by atoms with Crippen molar-refractivity contribution in [3.63, 3.8) is 0 Å². The molecule has 9 nitrogen and oxygen atoms in total. The second-order valence-electron chi connectivity index (χ2n) is 8.38. The van der Waals surface area contributed by atoms with E-state index in [0.717, 1.165) is 50.3 Å². The normalized spacial score (nSPS) is 12.2. The van der Waals surface area contributed by atoms with E-state index >= 15 is 0 Å². The van der Waals surface area contributed by atoms with Gasteiger partial charge in [-0.15, -0.1) is 0 Å². The Morgan fingerprint density at radius 1 is 0.969 bits per heavy atom. The molecule has 0 unspecified atom stereocenters. The summed E-state index contributed by atoms with van der Waals surface area (Å²) < 4.78 is 36.2. The topological polar surface area (TPSA) is 98.3 Å². The second-order valence-corrected chi connectivity index (χ2v) is 9.20. The maximum Gasteiger partial charge on any atom is 0.328 e. The van der Waals surface area contributed by atoms with Crippen LogP contribution in [-0.2, 0) is 40.8 Å². The molecule has 0 aromatic carbocycles. The van der Waals surface area contributed by atoms with Gasteiger partial charge in [-0.25, -0.2) is 9.13 Å². The maximum absolute atomic E-state index is 11.8. The number of rotatable bonds is 17. The minimum atomic E-state index is -0.430. The van der Waals surface area contributed by atoms with Crippen molar-refractivity contribution in [3.8, 4) is 0 Å². The molecular formula is C21H35N3O6P2. The van der Waals surface area contributed by atoms with Crippen molar-refractivity contribution < 1.29 is 27.7 Å². The summed E-state index contributed by atoms with van der Waals surface area (Å²) in [4.78, 5) is 20.5. The van der Waals surface area contributed by atoms with Crippen LogP contribution in [0.5, 0.6) is 0 Å². The minimum absolute atomic E-state index is 0.0663. The van der Waals surface area contributed by atoms with Gasteiger partial charge in [0, 0.05) is 19.5 Å². The molecule has 0 fully saturated rings. The lowest BCUT2D eigenvalue weighted by Crippen LogP contribution is -2.27. The van der Waals surface area contributed by atoms with E-state index in [2.05, 4.69) is 11.8 Å². The van der Waals surface area contributed by atoms with Crippen molar-refractivity contribution in [3.05, 3.63) is 29.6 Å². The standard InChI is InChI=1S/C21H35N3O6P2/c1-5-23(13-8-6-7-12-20(25)30-21(2,3)4)14-18-10-9-11-19(22-18)15-24(16-28-31-26)17-29-32-27/h9-11H,5-8,12-17H2,1-4H3. The van der Waals surface area contributed by atoms with Crippen molar-refractivity contribution in [1.82, 2.24) is 14.8 Å². The maximum atomic E-state index is 11.8. The van der Waals surface area contributed by atoms with Crippen molar-refractivity contribution in [2.45, 2.75) is 72.1 Å². The minimum Gasteiger partial charge on any atom is -0.460 e. The van der Waals surface area contributed by atoms with Crippen LogP contribution in [0.4, 0.5) is 0 Å². The lowest BCUT2D eigenvalue weighted by atomic mass is 10.1. The van der Waals surface area contributed by atoms with Crippen LogP contribution < -0.4 is 0 Å². The van der Waals surface area contributed by atoms with Crippen LogP contribution >= 0.6 is 17.4 Å². The summed E-state index contributed by atoms with van der Waals surface area (Å²) in [5, 5.41) is 0. The molecule has 0 aliphatic carbocycles. The first kappa shape index (κ1) is 28.7. The van der Waals surface area contributed by atoms with Gasteiger partial charge in [-0.3, -0.25) is 28.6 Å². The zero-order chi connectivity index (χ0) is 23.8. The molecule has 0 N–H and O–H groups in total. The van der Waals surface area contributed by atoms with Gasteiger partial charge >= 0.3 is 23.3 Å². The number of carbonyl (C=O) groups excluding carboxylic acids is 1. The molecule has 0 atom stereocenters. The molecular weight excluding hydrogens is 452 g/mol. The Morgan fingerprint density at radius 2 is 1.56 bits per heavy atom. The number of hydrogen-bond donors (Lipinski definition) is 0. The molecule has 0 spiro atoms. The average Bonchev–Trinajstić information content (AvgIpc) is 2.73. The highest BCUT2D eigenvalue weighted by atomic mass is 31.1. The van der Waals surface area contributed by atoms with E-state index in [0.29, 0.717) is 13.0 Å². The number of hydrogen-bond acceptors (Lipinski definition) is 9. The van der Waals surface area contributed by atoms with Gasteiger partial charge in [-0.1, -0.05) is 19.4 Å². The summed E-state index contributed by atoms with van der Waals surface area (Å²) in [6.45, 7) is 10.9. The van der Waals surface area contributed by atoms with E-state index in [1.54, 1.807) is 4.90 Å². The predicted molar refractivity (Wildman–Crippen MR) is 122 cm³/mol. The fraction of sp³-hybridized carbons (Fsp3) is 0.714. The van der Waals surface area contributed by atoms with Crippen LogP contribution in [0.25, 0.3) is 0 Å². The third-order valence-electron chi connectivity index (χ3n) is 4.44. The second kappa shape index (κ2) is 16.3. The van der Waals surface area contributed by atoms with Gasteiger partial charge in [-0.05, 0) is 58.8 Å². The first-order chi connectivity index (χ1) is 15.3. The number of pyridine rings is 1.